The third-order valence-corrected chi connectivity index (χ3v) is 3.72. The molecule has 0 aromatic heterocycles. The summed E-state index contributed by atoms with van der Waals surface area (Å²) in [5.74, 6) is -2.96. The molecule has 1 aromatic rings. The fourth-order valence-electron chi connectivity index (χ4n) is 1.76. The minimum absolute atomic E-state index is 0.163. The first-order chi connectivity index (χ1) is 7.87. The highest BCUT2D eigenvalue weighted by Gasteiger charge is 2.44. The third kappa shape index (κ3) is 3.14. The number of benzene rings is 1. The summed E-state index contributed by atoms with van der Waals surface area (Å²) in [5, 5.41) is 3.35. The molecule has 0 aliphatic heterocycles. The molecule has 1 aromatic carbocycles. The van der Waals surface area contributed by atoms with E-state index in [1.54, 1.807) is 0 Å². The van der Waals surface area contributed by atoms with Crippen LogP contribution in [0.4, 0.5) is 13.2 Å². The molecule has 1 nitrogen and oxygen atoms in total. The Morgan fingerprint density at radius 1 is 1.41 bits per heavy atom. The maximum absolute atomic E-state index is 13.2. The van der Waals surface area contributed by atoms with Crippen LogP contribution in [-0.2, 0) is 6.54 Å². The van der Waals surface area contributed by atoms with Crippen molar-refractivity contribution in [2.45, 2.75) is 31.4 Å². The second-order valence-electron chi connectivity index (χ2n) is 4.20. The van der Waals surface area contributed by atoms with E-state index >= 15 is 0 Å². The van der Waals surface area contributed by atoms with Crippen LogP contribution in [0.1, 0.15) is 18.4 Å². The van der Waals surface area contributed by atoms with Gasteiger partial charge in [-0.05, 0) is 33.6 Å². The Morgan fingerprint density at radius 2 is 2.06 bits per heavy atom. The van der Waals surface area contributed by atoms with E-state index in [1.807, 2.05) is 0 Å². The van der Waals surface area contributed by atoms with E-state index in [2.05, 4.69) is 21.2 Å². The first kappa shape index (κ1) is 13.2. The number of hydrogen-bond acceptors (Lipinski definition) is 1. The van der Waals surface area contributed by atoms with Crippen molar-refractivity contribution in [2.75, 3.05) is 0 Å². The minimum atomic E-state index is -2.55. The molecule has 0 atom stereocenters. The van der Waals surface area contributed by atoms with E-state index in [4.69, 9.17) is 11.6 Å². The standard InChI is InChI=1S/C11H10BrClF3N/c12-8-2-9(13)6(1-10(8)14)5-17-7-3-11(15,16)4-7/h1-2,7,17H,3-5H2. The largest absolute Gasteiger partial charge is 0.309 e. The molecule has 94 valence electrons. The van der Waals surface area contributed by atoms with Crippen LogP contribution < -0.4 is 5.32 Å². The fraction of sp³-hybridized carbons (Fsp3) is 0.455. The average molecular weight is 329 g/mol. The highest BCUT2D eigenvalue weighted by atomic mass is 79.9. The summed E-state index contributed by atoms with van der Waals surface area (Å²) >= 11 is 8.94. The normalized spacial score (nSPS) is 19.1. The molecule has 17 heavy (non-hydrogen) atoms. The second-order valence-corrected chi connectivity index (χ2v) is 5.46. The molecule has 1 aliphatic rings. The maximum Gasteiger partial charge on any atom is 0.251 e. The summed E-state index contributed by atoms with van der Waals surface area (Å²) < 4.78 is 38.7. The monoisotopic (exact) mass is 327 g/mol. The quantitative estimate of drug-likeness (QED) is 0.823. The zero-order chi connectivity index (χ0) is 12.6. The lowest BCUT2D eigenvalue weighted by molar-refractivity contribution is -0.0930. The number of rotatable bonds is 3. The van der Waals surface area contributed by atoms with Gasteiger partial charge in [0.05, 0.1) is 4.47 Å². The molecule has 2 rings (SSSR count). The molecule has 0 amide bonds. The van der Waals surface area contributed by atoms with Gasteiger partial charge in [-0.15, -0.1) is 0 Å². The summed E-state index contributed by atoms with van der Waals surface area (Å²) in [6.45, 7) is 0.295. The van der Waals surface area contributed by atoms with Crippen molar-refractivity contribution in [3.63, 3.8) is 0 Å². The van der Waals surface area contributed by atoms with Crippen molar-refractivity contribution in [2.24, 2.45) is 0 Å². The van der Waals surface area contributed by atoms with Crippen LogP contribution >= 0.6 is 27.5 Å². The van der Waals surface area contributed by atoms with Crippen LogP contribution in [0, 0.1) is 5.82 Å². The van der Waals surface area contributed by atoms with Crippen LogP contribution in [0.5, 0.6) is 0 Å². The van der Waals surface area contributed by atoms with Gasteiger partial charge in [0.15, 0.2) is 0 Å². The van der Waals surface area contributed by atoms with Crippen molar-refractivity contribution in [1.82, 2.24) is 5.32 Å². The van der Waals surface area contributed by atoms with Crippen molar-refractivity contribution < 1.29 is 13.2 Å². The zero-order valence-corrected chi connectivity index (χ0v) is 11.1. The number of halogens is 5. The Kier molecular flexibility index (Phi) is 3.71. The lowest BCUT2D eigenvalue weighted by atomic mass is 9.88. The van der Waals surface area contributed by atoms with Crippen LogP contribution in [0.15, 0.2) is 16.6 Å². The summed E-state index contributed by atoms with van der Waals surface area (Å²) in [6.07, 6.45) is -0.326. The molecule has 0 heterocycles. The first-order valence-corrected chi connectivity index (χ1v) is 6.29. The van der Waals surface area contributed by atoms with Crippen molar-refractivity contribution in [3.05, 3.63) is 33.0 Å². The van der Waals surface area contributed by atoms with E-state index in [1.165, 1.54) is 12.1 Å². The molecule has 0 saturated heterocycles. The Labute approximate surface area is 110 Å². The molecule has 1 saturated carbocycles. The lowest BCUT2D eigenvalue weighted by Gasteiger charge is -2.35. The van der Waals surface area contributed by atoms with Gasteiger partial charge < -0.3 is 5.32 Å². The molecule has 0 radical (unpaired) electrons. The van der Waals surface area contributed by atoms with E-state index in [0.717, 1.165) is 0 Å². The van der Waals surface area contributed by atoms with Crippen LogP contribution in [0.2, 0.25) is 5.02 Å². The Morgan fingerprint density at radius 3 is 2.65 bits per heavy atom. The second kappa shape index (κ2) is 4.78. The van der Waals surface area contributed by atoms with Gasteiger partial charge in [-0.1, -0.05) is 11.6 Å². The lowest BCUT2D eigenvalue weighted by Crippen LogP contribution is -2.48. The van der Waals surface area contributed by atoms with Crippen molar-refractivity contribution in [1.29, 1.82) is 0 Å². The third-order valence-electron chi connectivity index (χ3n) is 2.76. The number of nitrogens with one attached hydrogen (secondary N) is 1. The van der Waals surface area contributed by atoms with Gasteiger partial charge in [0, 0.05) is 30.5 Å². The van der Waals surface area contributed by atoms with E-state index in [0.29, 0.717) is 21.6 Å². The maximum atomic E-state index is 13.2. The molecular weight excluding hydrogens is 318 g/mol. The molecular formula is C11H10BrClF3N. The summed E-state index contributed by atoms with van der Waals surface area (Å²) in [6, 6.07) is 2.55. The SMILES string of the molecule is Fc1cc(CNC2CC(F)(F)C2)c(Cl)cc1Br. The van der Waals surface area contributed by atoms with Crippen LogP contribution in [-0.4, -0.2) is 12.0 Å². The molecule has 1 N–H and O–H groups in total. The van der Waals surface area contributed by atoms with Crippen molar-refractivity contribution >= 4 is 27.5 Å². The fourth-order valence-corrected chi connectivity index (χ4v) is 2.46. The highest BCUT2D eigenvalue weighted by Crippen LogP contribution is 2.37. The molecule has 0 spiro atoms. The van der Waals surface area contributed by atoms with Gasteiger partial charge in [-0.3, -0.25) is 0 Å². The van der Waals surface area contributed by atoms with Crippen LogP contribution in [0.3, 0.4) is 0 Å². The number of alkyl halides is 2. The van der Waals surface area contributed by atoms with E-state index in [9.17, 15) is 13.2 Å². The predicted octanol–water partition coefficient (Wildman–Crippen LogP) is 4.13. The summed E-state index contributed by atoms with van der Waals surface area (Å²) in [7, 11) is 0. The minimum Gasteiger partial charge on any atom is -0.309 e. The van der Waals surface area contributed by atoms with E-state index < -0.39 is 11.7 Å². The molecule has 0 unspecified atom stereocenters. The van der Waals surface area contributed by atoms with Gasteiger partial charge in [0.1, 0.15) is 5.82 Å². The Hall–Kier alpha value is -0.260. The van der Waals surface area contributed by atoms with Gasteiger partial charge >= 0.3 is 0 Å². The van der Waals surface area contributed by atoms with E-state index in [-0.39, 0.29) is 18.9 Å². The topological polar surface area (TPSA) is 12.0 Å². The molecule has 1 fully saturated rings. The first-order valence-electron chi connectivity index (χ1n) is 5.12. The summed E-state index contributed by atoms with van der Waals surface area (Å²) in [4.78, 5) is 0. The van der Waals surface area contributed by atoms with Gasteiger partial charge in [0.2, 0.25) is 0 Å². The van der Waals surface area contributed by atoms with Gasteiger partial charge in [-0.2, -0.15) is 0 Å². The highest BCUT2D eigenvalue weighted by molar-refractivity contribution is 9.10. The molecule has 1 aliphatic carbocycles. The van der Waals surface area contributed by atoms with Gasteiger partial charge in [0.25, 0.3) is 5.92 Å². The summed E-state index contributed by atoms with van der Waals surface area (Å²) in [5.41, 5.74) is 0.572. The Balaban J connectivity index is 1.94. The predicted molar refractivity (Wildman–Crippen MR) is 63.9 cm³/mol. The molecule has 0 bridgehead atoms. The van der Waals surface area contributed by atoms with Crippen molar-refractivity contribution in [3.8, 4) is 0 Å². The smallest absolute Gasteiger partial charge is 0.251 e. The van der Waals surface area contributed by atoms with Gasteiger partial charge in [-0.25, -0.2) is 13.2 Å². The Bertz CT molecular complexity index is 431. The zero-order valence-electron chi connectivity index (χ0n) is 8.74. The average Bonchev–Trinajstić information content (AvgIpc) is 2.18. The molecule has 6 heteroatoms. The number of hydrogen-bond donors (Lipinski definition) is 1. The van der Waals surface area contributed by atoms with Crippen LogP contribution in [0.25, 0.3) is 0 Å².